The molecule has 0 fully saturated rings. The molecule has 1 amide bonds. The molecule has 142 valence electrons. The van der Waals surface area contributed by atoms with Gasteiger partial charge in [-0.2, -0.15) is 5.10 Å². The van der Waals surface area contributed by atoms with E-state index in [9.17, 15) is 4.79 Å². The highest BCUT2D eigenvalue weighted by atomic mass is 32.1. The number of H-pyrrole nitrogens is 1. The zero-order valence-corrected chi connectivity index (χ0v) is 17.4. The molecular formula is C19H23N5OS2. The van der Waals surface area contributed by atoms with Crippen molar-refractivity contribution in [2.75, 3.05) is 19.0 Å². The second-order valence-corrected chi connectivity index (χ2v) is 7.93. The molecule has 0 spiro atoms. The van der Waals surface area contributed by atoms with Crippen molar-refractivity contribution < 1.29 is 4.79 Å². The molecule has 2 aromatic heterocycles. The number of amides is 1. The largest absolute Gasteiger partial charge is 0.378 e. The highest BCUT2D eigenvalue weighted by Gasteiger charge is 2.21. The molecule has 0 aliphatic rings. The third kappa shape index (κ3) is 4.12. The maximum absolute atomic E-state index is 12.8. The predicted molar refractivity (Wildman–Crippen MR) is 113 cm³/mol. The Hall–Kier alpha value is -2.45. The van der Waals surface area contributed by atoms with E-state index in [0.717, 1.165) is 21.7 Å². The van der Waals surface area contributed by atoms with Crippen LogP contribution in [0.4, 0.5) is 5.69 Å². The number of aromatic nitrogens is 3. The summed E-state index contributed by atoms with van der Waals surface area (Å²) in [6.07, 6.45) is 0. The standard InChI is InChI=1S/C19H23N5OS2/c1-12-10-15(23(3)4)8-7-14(12)11-20-18(25)13(2)24-17(21-22-19(24)26)16-6-5-9-27-16/h5-10,13H,11H2,1-4H3,(H,20,25)(H,22,26). The summed E-state index contributed by atoms with van der Waals surface area (Å²) in [5.41, 5.74) is 3.38. The fraction of sp³-hybridized carbons (Fsp3) is 0.316. The molecule has 3 rings (SSSR count). The molecule has 1 atom stereocenters. The first-order valence-electron chi connectivity index (χ1n) is 8.64. The summed E-state index contributed by atoms with van der Waals surface area (Å²) < 4.78 is 2.20. The number of anilines is 1. The number of aromatic amines is 1. The lowest BCUT2D eigenvalue weighted by atomic mass is 10.1. The fourth-order valence-corrected chi connectivity index (χ4v) is 3.85. The molecule has 0 saturated carbocycles. The Morgan fingerprint density at radius 1 is 1.41 bits per heavy atom. The van der Waals surface area contributed by atoms with Crippen LogP contribution in [0.2, 0.25) is 0 Å². The van der Waals surface area contributed by atoms with E-state index < -0.39 is 6.04 Å². The summed E-state index contributed by atoms with van der Waals surface area (Å²) in [7, 11) is 4.02. The highest BCUT2D eigenvalue weighted by molar-refractivity contribution is 7.71. The first-order chi connectivity index (χ1) is 12.9. The van der Waals surface area contributed by atoms with Crippen molar-refractivity contribution in [3.63, 3.8) is 0 Å². The summed E-state index contributed by atoms with van der Waals surface area (Å²) in [5.74, 6) is 0.588. The second kappa shape index (κ2) is 8.06. The van der Waals surface area contributed by atoms with Crippen LogP contribution in [0.3, 0.4) is 0 Å². The van der Waals surface area contributed by atoms with Gasteiger partial charge in [-0.15, -0.1) is 11.3 Å². The Bertz CT molecular complexity index is 988. The number of nitrogens with zero attached hydrogens (tertiary/aromatic N) is 3. The van der Waals surface area contributed by atoms with Gasteiger partial charge in [0.05, 0.1) is 4.88 Å². The third-order valence-electron chi connectivity index (χ3n) is 4.51. The van der Waals surface area contributed by atoms with Crippen molar-refractivity contribution in [1.82, 2.24) is 20.1 Å². The lowest BCUT2D eigenvalue weighted by Gasteiger charge is -2.17. The lowest BCUT2D eigenvalue weighted by Crippen LogP contribution is -2.31. The minimum atomic E-state index is -0.463. The Labute approximate surface area is 167 Å². The summed E-state index contributed by atoms with van der Waals surface area (Å²) in [6, 6.07) is 9.68. The number of nitrogens with one attached hydrogen (secondary N) is 2. The topological polar surface area (TPSA) is 66.0 Å². The van der Waals surface area contributed by atoms with E-state index in [0.29, 0.717) is 17.1 Å². The van der Waals surface area contributed by atoms with Crippen molar-refractivity contribution in [3.05, 3.63) is 51.6 Å². The van der Waals surface area contributed by atoms with Gasteiger partial charge in [0.25, 0.3) is 0 Å². The van der Waals surface area contributed by atoms with Gasteiger partial charge in [-0.05, 0) is 60.8 Å². The van der Waals surface area contributed by atoms with Crippen molar-refractivity contribution >= 4 is 35.1 Å². The van der Waals surface area contributed by atoms with E-state index in [1.165, 1.54) is 0 Å². The molecule has 0 bridgehead atoms. The molecule has 0 aliphatic heterocycles. The summed E-state index contributed by atoms with van der Waals surface area (Å²) in [5, 5.41) is 12.1. The smallest absolute Gasteiger partial charge is 0.243 e. The molecule has 1 aromatic carbocycles. The van der Waals surface area contributed by atoms with E-state index in [1.807, 2.05) is 38.5 Å². The van der Waals surface area contributed by atoms with Crippen LogP contribution in [0.15, 0.2) is 35.7 Å². The number of aryl methyl sites for hydroxylation is 1. The van der Waals surface area contributed by atoms with Gasteiger partial charge in [-0.3, -0.25) is 14.5 Å². The van der Waals surface area contributed by atoms with Crippen LogP contribution in [0.1, 0.15) is 24.1 Å². The van der Waals surface area contributed by atoms with Gasteiger partial charge in [-0.25, -0.2) is 0 Å². The molecule has 0 aliphatic carbocycles. The van der Waals surface area contributed by atoms with E-state index in [4.69, 9.17) is 12.2 Å². The van der Waals surface area contributed by atoms with Gasteiger partial charge >= 0.3 is 0 Å². The van der Waals surface area contributed by atoms with Gasteiger partial charge < -0.3 is 10.2 Å². The Kier molecular flexibility index (Phi) is 5.76. The maximum Gasteiger partial charge on any atom is 0.243 e. The molecule has 27 heavy (non-hydrogen) atoms. The van der Waals surface area contributed by atoms with Crippen LogP contribution < -0.4 is 10.2 Å². The number of carbonyl (C=O) groups excluding carboxylic acids is 1. The Morgan fingerprint density at radius 3 is 2.81 bits per heavy atom. The molecular weight excluding hydrogens is 378 g/mol. The zero-order chi connectivity index (χ0) is 19.6. The number of thiophene rings is 1. The van der Waals surface area contributed by atoms with Gasteiger partial charge in [-0.1, -0.05) is 12.1 Å². The van der Waals surface area contributed by atoms with Crippen molar-refractivity contribution in [1.29, 1.82) is 0 Å². The van der Waals surface area contributed by atoms with Crippen molar-refractivity contribution in [2.45, 2.75) is 26.4 Å². The minimum Gasteiger partial charge on any atom is -0.378 e. The quantitative estimate of drug-likeness (QED) is 0.615. The van der Waals surface area contributed by atoms with Crippen molar-refractivity contribution in [3.8, 4) is 10.7 Å². The number of hydrogen-bond donors (Lipinski definition) is 2. The van der Waals surface area contributed by atoms with E-state index in [-0.39, 0.29) is 5.91 Å². The van der Waals surface area contributed by atoms with E-state index >= 15 is 0 Å². The average Bonchev–Trinajstić information content (AvgIpc) is 3.29. The summed E-state index contributed by atoms with van der Waals surface area (Å²) >= 11 is 6.91. The SMILES string of the molecule is Cc1cc(N(C)C)ccc1CNC(=O)C(C)n1c(-c2cccs2)n[nH]c1=S. The van der Waals surface area contributed by atoms with Gasteiger partial charge in [0.15, 0.2) is 10.6 Å². The molecule has 8 heteroatoms. The first-order valence-corrected chi connectivity index (χ1v) is 9.92. The number of hydrogen-bond acceptors (Lipinski definition) is 5. The number of rotatable bonds is 6. The van der Waals surface area contributed by atoms with Crippen LogP contribution >= 0.6 is 23.6 Å². The molecule has 2 heterocycles. The zero-order valence-electron chi connectivity index (χ0n) is 15.8. The van der Waals surface area contributed by atoms with Crippen LogP contribution in [0, 0.1) is 11.7 Å². The number of carbonyl (C=O) groups is 1. The number of benzene rings is 1. The third-order valence-corrected chi connectivity index (χ3v) is 5.66. The lowest BCUT2D eigenvalue weighted by molar-refractivity contribution is -0.124. The highest BCUT2D eigenvalue weighted by Crippen LogP contribution is 2.25. The normalized spacial score (nSPS) is 12.0. The van der Waals surface area contributed by atoms with Crippen LogP contribution in [-0.4, -0.2) is 34.8 Å². The average molecular weight is 402 g/mol. The summed E-state index contributed by atoms with van der Waals surface area (Å²) in [4.78, 5) is 15.8. The van der Waals surface area contributed by atoms with Crippen LogP contribution in [0.25, 0.3) is 10.7 Å². The first kappa shape index (κ1) is 19.3. The molecule has 0 saturated heterocycles. The predicted octanol–water partition coefficient (Wildman–Crippen LogP) is 3.92. The Morgan fingerprint density at radius 2 is 2.19 bits per heavy atom. The van der Waals surface area contributed by atoms with Gasteiger partial charge in [0.1, 0.15) is 6.04 Å². The minimum absolute atomic E-state index is 0.0959. The monoisotopic (exact) mass is 401 g/mol. The molecule has 0 radical (unpaired) electrons. The van der Waals surface area contributed by atoms with E-state index in [1.54, 1.807) is 15.9 Å². The fourth-order valence-electron chi connectivity index (χ4n) is 2.85. The molecule has 2 N–H and O–H groups in total. The van der Waals surface area contributed by atoms with Crippen LogP contribution in [0.5, 0.6) is 0 Å². The van der Waals surface area contributed by atoms with E-state index in [2.05, 4.69) is 45.5 Å². The second-order valence-electron chi connectivity index (χ2n) is 6.60. The molecule has 3 aromatic rings. The molecule has 6 nitrogen and oxygen atoms in total. The Balaban J connectivity index is 1.74. The van der Waals surface area contributed by atoms with Gasteiger partial charge in [0.2, 0.25) is 5.91 Å². The summed E-state index contributed by atoms with van der Waals surface area (Å²) in [6.45, 7) is 4.36. The maximum atomic E-state index is 12.8. The van der Waals surface area contributed by atoms with Crippen LogP contribution in [-0.2, 0) is 11.3 Å². The van der Waals surface area contributed by atoms with Gasteiger partial charge in [0, 0.05) is 26.3 Å². The molecule has 1 unspecified atom stereocenters. The van der Waals surface area contributed by atoms with Crippen molar-refractivity contribution in [2.24, 2.45) is 0 Å².